The van der Waals surface area contributed by atoms with Gasteiger partial charge < -0.3 is 14.7 Å². The van der Waals surface area contributed by atoms with Crippen LogP contribution in [0.3, 0.4) is 0 Å². The Balaban J connectivity index is 1.33. The highest BCUT2D eigenvalue weighted by Crippen LogP contribution is 2.53. The molecule has 10 rings (SSSR count). The van der Waals surface area contributed by atoms with Gasteiger partial charge in [0.15, 0.2) is 0 Å². The van der Waals surface area contributed by atoms with E-state index in [9.17, 15) is 2.74 Å². The Kier molecular flexibility index (Phi) is 3.39. The van der Waals surface area contributed by atoms with E-state index in [0.717, 1.165) is 30.3 Å². The van der Waals surface area contributed by atoms with E-state index in [1.165, 1.54) is 0 Å². The maximum Gasteiger partial charge on any atom is 0.252 e. The maximum atomic E-state index is 9.26. The Morgan fingerprint density at radius 3 is 1.83 bits per heavy atom. The summed E-state index contributed by atoms with van der Waals surface area (Å²) in [5.74, 6) is -0.0980. The lowest BCUT2D eigenvalue weighted by Crippen LogP contribution is -2.61. The highest BCUT2D eigenvalue weighted by atomic mass is 15.2. The third-order valence-electron chi connectivity index (χ3n) is 9.92. The Morgan fingerprint density at radius 2 is 1.13 bits per heavy atom. The molecule has 0 N–H and O–H groups in total. The van der Waals surface area contributed by atoms with Gasteiger partial charge >= 0.3 is 0 Å². The molecule has 0 spiro atoms. The van der Waals surface area contributed by atoms with E-state index >= 15 is 0 Å². The average Bonchev–Trinajstić information content (AvgIpc) is 3.58. The van der Waals surface area contributed by atoms with Crippen LogP contribution in [0.1, 0.15) is 57.7 Å². The molecular formula is C42H34BN3. The number of anilines is 8. The van der Waals surface area contributed by atoms with Gasteiger partial charge in [0.25, 0.3) is 6.71 Å². The summed E-state index contributed by atoms with van der Waals surface area (Å²) in [7, 11) is 0. The number of hydrogen-bond acceptors (Lipinski definition) is 3. The van der Waals surface area contributed by atoms with Crippen LogP contribution in [0.25, 0.3) is 0 Å². The van der Waals surface area contributed by atoms with Gasteiger partial charge in [0.05, 0.1) is 20.6 Å². The van der Waals surface area contributed by atoms with Crippen LogP contribution in [0.15, 0.2) is 145 Å². The zero-order chi connectivity index (χ0) is 43.2. The van der Waals surface area contributed by atoms with Crippen LogP contribution in [-0.2, 0) is 0 Å². The normalized spacial score (nSPS) is 23.3. The van der Waals surface area contributed by atoms with Crippen LogP contribution in [0.2, 0.25) is 0 Å². The first kappa shape index (κ1) is 15.4. The largest absolute Gasteiger partial charge is 0.337 e. The molecule has 1 fully saturated rings. The number of benzene rings is 6. The van der Waals surface area contributed by atoms with Gasteiger partial charge in [-0.2, -0.15) is 0 Å². The second-order valence-corrected chi connectivity index (χ2v) is 12.1. The SMILES string of the molecule is [2H]c1c([2H])c([2H])c(N2c3ccccc3B3c4cc5c(cc4N(c4c([2H])c([2H])c([2H])c([2H])c4[2H])c4cccc2c43)N(c2c([2H])c([2H])c([2H])c([2H])c2[2H])C2CCCCC52)c([2H])c1[2H]. The van der Waals surface area contributed by atoms with Gasteiger partial charge in [-0.1, -0.05) is 97.6 Å². The van der Waals surface area contributed by atoms with Crippen LogP contribution in [0.4, 0.5) is 45.5 Å². The van der Waals surface area contributed by atoms with E-state index in [2.05, 4.69) is 6.07 Å². The van der Waals surface area contributed by atoms with Gasteiger partial charge in [-0.3, -0.25) is 0 Å². The third-order valence-corrected chi connectivity index (χ3v) is 9.92. The monoisotopic (exact) mass is 606 g/mol. The standard InChI is InChI=1S/C42H34BN3/c1-4-15-29(16-5-1)44-36-23-12-10-21-32(36)33-27-35-41(28-40(33)44)46(31-19-8-3-9-20-31)39-26-14-25-38-42(39)43(35)34-22-11-13-24-37(34)45(38)30-17-6-2-7-18-30/h1-9,11,13-20,22,24-28,32,36H,10,12,21,23H2/i1D,2D,3D,4D,5D,6D,7D,8D,9D,15D,16D,17D,18D,19D,20D. The van der Waals surface area contributed by atoms with Gasteiger partial charge in [0.2, 0.25) is 0 Å². The zero-order valence-corrected chi connectivity index (χ0v) is 24.6. The molecule has 6 aromatic rings. The highest BCUT2D eigenvalue weighted by molar-refractivity contribution is 7.00. The second kappa shape index (κ2) is 10.2. The van der Waals surface area contributed by atoms with Crippen molar-refractivity contribution in [2.45, 2.75) is 37.6 Å². The van der Waals surface area contributed by atoms with E-state index in [1.54, 1.807) is 28.0 Å². The molecular weight excluding hydrogens is 557 g/mol. The quantitative estimate of drug-likeness (QED) is 0.186. The van der Waals surface area contributed by atoms with E-state index in [0.29, 0.717) is 45.8 Å². The third kappa shape index (κ3) is 3.67. The smallest absolute Gasteiger partial charge is 0.252 e. The lowest BCUT2D eigenvalue weighted by Gasteiger charge is -2.44. The van der Waals surface area contributed by atoms with Crippen molar-refractivity contribution in [3.05, 3.63) is 151 Å². The molecule has 6 aromatic carbocycles. The van der Waals surface area contributed by atoms with E-state index in [4.69, 9.17) is 17.8 Å². The summed E-state index contributed by atoms with van der Waals surface area (Å²) < 4.78 is 132. The van der Waals surface area contributed by atoms with Crippen molar-refractivity contribution in [1.29, 1.82) is 0 Å². The molecule has 1 aliphatic carbocycles. The minimum atomic E-state index is -0.573. The van der Waals surface area contributed by atoms with Crippen molar-refractivity contribution < 1.29 is 20.6 Å². The van der Waals surface area contributed by atoms with Gasteiger partial charge in [0.1, 0.15) is 0 Å². The second-order valence-electron chi connectivity index (χ2n) is 12.1. The maximum absolute atomic E-state index is 9.26. The average molecular weight is 607 g/mol. The first-order chi connectivity index (χ1) is 29.1. The molecule has 4 heteroatoms. The number of rotatable bonds is 3. The molecule has 0 amide bonds. The van der Waals surface area contributed by atoms with Crippen molar-refractivity contribution in [2.75, 3.05) is 14.7 Å². The molecule has 0 aromatic heterocycles. The number of hydrogen-bond donors (Lipinski definition) is 0. The Labute approximate surface area is 292 Å². The van der Waals surface area contributed by atoms with Gasteiger partial charge in [-0.15, -0.1) is 0 Å². The van der Waals surface area contributed by atoms with E-state index in [1.807, 2.05) is 35.2 Å². The molecule has 3 aliphatic heterocycles. The minimum absolute atomic E-state index is 0.0479. The van der Waals surface area contributed by atoms with Crippen molar-refractivity contribution >= 4 is 68.6 Å². The molecule has 220 valence electrons. The Morgan fingerprint density at radius 1 is 0.543 bits per heavy atom. The van der Waals surface area contributed by atoms with Crippen molar-refractivity contribution in [2.24, 2.45) is 0 Å². The summed E-state index contributed by atoms with van der Waals surface area (Å²) in [4.78, 5) is 5.14. The fourth-order valence-corrected chi connectivity index (χ4v) is 8.25. The summed E-state index contributed by atoms with van der Waals surface area (Å²) in [6.45, 7) is -0.568. The summed E-state index contributed by atoms with van der Waals surface area (Å²) in [5.41, 5.74) is 5.30. The minimum Gasteiger partial charge on any atom is -0.337 e. The van der Waals surface area contributed by atoms with Gasteiger partial charge in [-0.25, -0.2) is 0 Å². The number of fused-ring (bicyclic) bond motifs is 7. The summed E-state index contributed by atoms with van der Waals surface area (Å²) in [6.07, 6.45) is 3.22. The molecule has 1 saturated carbocycles. The van der Waals surface area contributed by atoms with Crippen molar-refractivity contribution in [3.63, 3.8) is 0 Å². The molecule has 3 heterocycles. The fraction of sp³-hybridized carbons (Fsp3) is 0.143. The molecule has 4 aliphatic rings. The molecule has 0 bridgehead atoms. The Bertz CT molecular complexity index is 2870. The lowest BCUT2D eigenvalue weighted by atomic mass is 9.33. The van der Waals surface area contributed by atoms with E-state index in [-0.39, 0.29) is 41.1 Å². The van der Waals surface area contributed by atoms with Crippen LogP contribution in [0, 0.1) is 0 Å². The molecule has 2 atom stereocenters. The molecule has 3 nitrogen and oxygen atoms in total. The summed E-state index contributed by atoms with van der Waals surface area (Å²) >= 11 is 0. The van der Waals surface area contributed by atoms with Crippen molar-refractivity contribution in [1.82, 2.24) is 0 Å². The zero-order valence-electron chi connectivity index (χ0n) is 39.6. The lowest BCUT2D eigenvalue weighted by molar-refractivity contribution is 0.402. The number of para-hydroxylation sites is 4. The molecule has 46 heavy (non-hydrogen) atoms. The Hall–Kier alpha value is -5.22. The van der Waals surface area contributed by atoms with Crippen molar-refractivity contribution in [3.8, 4) is 0 Å². The first-order valence-corrected chi connectivity index (χ1v) is 15.6. The van der Waals surface area contributed by atoms with Gasteiger partial charge in [0, 0.05) is 57.5 Å². The fourth-order valence-electron chi connectivity index (χ4n) is 8.25. The van der Waals surface area contributed by atoms with Crippen LogP contribution < -0.4 is 31.1 Å². The predicted molar refractivity (Wildman–Crippen MR) is 194 cm³/mol. The van der Waals surface area contributed by atoms with E-state index < -0.39 is 85.3 Å². The first-order valence-electron chi connectivity index (χ1n) is 23.1. The van der Waals surface area contributed by atoms with Crippen LogP contribution >= 0.6 is 0 Å². The summed E-state index contributed by atoms with van der Waals surface area (Å²) in [5, 5.41) is 0. The molecule has 0 radical (unpaired) electrons. The predicted octanol–water partition coefficient (Wildman–Crippen LogP) is 8.95. The van der Waals surface area contributed by atoms with Gasteiger partial charge in [-0.05, 0) is 95.3 Å². The highest BCUT2D eigenvalue weighted by Gasteiger charge is 2.46. The summed E-state index contributed by atoms with van der Waals surface area (Å²) in [6, 6.07) is 9.27. The van der Waals surface area contributed by atoms with Crippen LogP contribution in [-0.4, -0.2) is 12.8 Å². The molecule has 0 saturated heterocycles. The van der Waals surface area contributed by atoms with Crippen LogP contribution in [0.5, 0.6) is 0 Å². The molecule has 2 unspecified atom stereocenters. The topological polar surface area (TPSA) is 9.72 Å². The number of nitrogens with zero attached hydrogens (tertiary/aromatic N) is 3.